The Morgan fingerprint density at radius 1 is 1.23 bits per heavy atom. The van der Waals surface area contributed by atoms with Crippen molar-refractivity contribution in [1.29, 1.82) is 0 Å². The first-order chi connectivity index (χ1) is 14.3. The molecule has 1 aromatic carbocycles. The van der Waals surface area contributed by atoms with E-state index in [1.165, 1.54) is 11.3 Å². The third-order valence-corrected chi connectivity index (χ3v) is 5.97. The van der Waals surface area contributed by atoms with E-state index in [1.807, 2.05) is 13.0 Å². The van der Waals surface area contributed by atoms with Gasteiger partial charge in [-0.2, -0.15) is 0 Å². The van der Waals surface area contributed by atoms with Gasteiger partial charge in [0.25, 0.3) is 5.91 Å². The number of aromatic nitrogens is 2. The SMILES string of the molecule is Cc1ncsc1-c1ccc(C(=O)N2CCC(C(=O)Nc3cc(F)c(F)c(F)c3)C2)[nH]1. The van der Waals surface area contributed by atoms with Crippen LogP contribution in [0.25, 0.3) is 10.6 Å². The highest BCUT2D eigenvalue weighted by Gasteiger charge is 2.32. The van der Waals surface area contributed by atoms with Gasteiger partial charge < -0.3 is 15.2 Å². The number of rotatable bonds is 4. The van der Waals surface area contributed by atoms with Crippen LogP contribution in [0.2, 0.25) is 0 Å². The summed E-state index contributed by atoms with van der Waals surface area (Å²) in [5, 5.41) is 2.38. The maximum Gasteiger partial charge on any atom is 0.270 e. The Morgan fingerprint density at radius 2 is 1.97 bits per heavy atom. The second-order valence-electron chi connectivity index (χ2n) is 7.03. The highest BCUT2D eigenvalue weighted by Crippen LogP contribution is 2.27. The molecule has 1 aliphatic rings. The summed E-state index contributed by atoms with van der Waals surface area (Å²) in [6.45, 7) is 2.43. The van der Waals surface area contributed by atoms with Gasteiger partial charge >= 0.3 is 0 Å². The standard InChI is InChI=1S/C20H17F3N4O2S/c1-10-18(30-9-24-10)15-2-3-16(26-15)20(29)27-5-4-11(8-27)19(28)25-12-6-13(21)17(23)14(22)7-12/h2-3,6-7,9,11,26H,4-5,8H2,1H3,(H,25,28). The summed E-state index contributed by atoms with van der Waals surface area (Å²) < 4.78 is 39.7. The predicted molar refractivity (Wildman–Crippen MR) is 106 cm³/mol. The molecule has 0 radical (unpaired) electrons. The third kappa shape index (κ3) is 3.82. The van der Waals surface area contributed by atoms with E-state index in [-0.39, 0.29) is 18.1 Å². The number of aromatic amines is 1. The molecule has 3 aromatic rings. The second kappa shape index (κ2) is 7.94. The molecule has 0 spiro atoms. The van der Waals surface area contributed by atoms with Crippen molar-refractivity contribution in [1.82, 2.24) is 14.9 Å². The molecule has 156 valence electrons. The monoisotopic (exact) mass is 434 g/mol. The molecule has 3 heterocycles. The lowest BCUT2D eigenvalue weighted by atomic mass is 10.1. The van der Waals surface area contributed by atoms with Crippen LogP contribution in [-0.4, -0.2) is 39.8 Å². The fraction of sp³-hybridized carbons (Fsp3) is 0.250. The Kier molecular flexibility index (Phi) is 5.33. The molecule has 1 saturated heterocycles. The zero-order valence-corrected chi connectivity index (χ0v) is 16.7. The number of likely N-dealkylation sites (tertiary alicyclic amines) is 1. The Morgan fingerprint density at radius 3 is 2.63 bits per heavy atom. The van der Waals surface area contributed by atoms with E-state index in [9.17, 15) is 22.8 Å². The molecule has 6 nitrogen and oxygen atoms in total. The number of aryl methyl sites for hydroxylation is 1. The normalized spacial score (nSPS) is 16.1. The largest absolute Gasteiger partial charge is 0.350 e. The van der Waals surface area contributed by atoms with Crippen LogP contribution in [0.15, 0.2) is 29.8 Å². The minimum Gasteiger partial charge on any atom is -0.350 e. The van der Waals surface area contributed by atoms with Gasteiger partial charge in [-0.1, -0.05) is 0 Å². The van der Waals surface area contributed by atoms with E-state index < -0.39 is 29.3 Å². The van der Waals surface area contributed by atoms with Crippen LogP contribution in [0.1, 0.15) is 22.6 Å². The van der Waals surface area contributed by atoms with Crippen LogP contribution in [0, 0.1) is 30.3 Å². The molecule has 2 amide bonds. The number of anilines is 1. The summed E-state index contributed by atoms with van der Waals surface area (Å²) in [6, 6.07) is 4.94. The van der Waals surface area contributed by atoms with Gasteiger partial charge in [-0.3, -0.25) is 9.59 Å². The zero-order valence-electron chi connectivity index (χ0n) is 15.8. The van der Waals surface area contributed by atoms with E-state index >= 15 is 0 Å². The molecule has 0 aliphatic carbocycles. The fourth-order valence-electron chi connectivity index (χ4n) is 3.41. The van der Waals surface area contributed by atoms with E-state index in [0.717, 1.165) is 28.4 Å². The minimum atomic E-state index is -1.59. The summed E-state index contributed by atoms with van der Waals surface area (Å²) in [6.07, 6.45) is 0.408. The molecular weight excluding hydrogens is 417 g/mol. The number of H-pyrrole nitrogens is 1. The number of nitrogens with zero attached hydrogens (tertiary/aromatic N) is 2. The zero-order chi connectivity index (χ0) is 21.4. The van der Waals surface area contributed by atoms with Gasteiger partial charge in [-0.15, -0.1) is 11.3 Å². The predicted octanol–water partition coefficient (Wildman–Crippen LogP) is 3.96. The van der Waals surface area contributed by atoms with Crippen LogP contribution < -0.4 is 5.32 Å². The lowest BCUT2D eigenvalue weighted by molar-refractivity contribution is -0.119. The Balaban J connectivity index is 1.40. The average molecular weight is 434 g/mol. The van der Waals surface area contributed by atoms with Gasteiger partial charge in [0.1, 0.15) is 5.69 Å². The first kappa shape index (κ1) is 20.1. The number of benzene rings is 1. The Labute approximate surface area is 173 Å². The van der Waals surface area contributed by atoms with E-state index in [0.29, 0.717) is 18.7 Å². The number of hydrogen-bond acceptors (Lipinski definition) is 4. The molecule has 0 bridgehead atoms. The minimum absolute atomic E-state index is 0.171. The molecule has 30 heavy (non-hydrogen) atoms. The summed E-state index contributed by atoms with van der Waals surface area (Å²) in [4.78, 5) is 35.0. The number of thiazole rings is 1. The molecule has 1 fully saturated rings. The third-order valence-electron chi connectivity index (χ3n) is 5.00. The van der Waals surface area contributed by atoms with Gasteiger partial charge in [-0.05, 0) is 25.5 Å². The van der Waals surface area contributed by atoms with Crippen LogP contribution in [0.3, 0.4) is 0 Å². The van der Waals surface area contributed by atoms with Crippen molar-refractivity contribution in [2.24, 2.45) is 5.92 Å². The molecule has 10 heteroatoms. The first-order valence-electron chi connectivity index (χ1n) is 9.17. The van der Waals surface area contributed by atoms with Gasteiger partial charge in [0, 0.05) is 30.9 Å². The van der Waals surface area contributed by atoms with Crippen LogP contribution in [-0.2, 0) is 4.79 Å². The van der Waals surface area contributed by atoms with Gasteiger partial charge in [-0.25, -0.2) is 18.2 Å². The number of nitrogens with one attached hydrogen (secondary N) is 2. The highest BCUT2D eigenvalue weighted by molar-refractivity contribution is 7.13. The van der Waals surface area contributed by atoms with Crippen LogP contribution in [0.4, 0.5) is 18.9 Å². The number of hydrogen-bond donors (Lipinski definition) is 2. The summed E-state index contributed by atoms with van der Waals surface area (Å²) in [7, 11) is 0. The van der Waals surface area contributed by atoms with E-state index in [4.69, 9.17) is 0 Å². The van der Waals surface area contributed by atoms with Crippen molar-refractivity contribution in [2.75, 3.05) is 18.4 Å². The van der Waals surface area contributed by atoms with Gasteiger partial charge in [0.05, 0.1) is 27.7 Å². The van der Waals surface area contributed by atoms with Crippen molar-refractivity contribution >= 4 is 28.8 Å². The van der Waals surface area contributed by atoms with Crippen molar-refractivity contribution in [3.63, 3.8) is 0 Å². The lowest BCUT2D eigenvalue weighted by Crippen LogP contribution is -2.31. The average Bonchev–Trinajstić information content (AvgIpc) is 3.45. The van der Waals surface area contributed by atoms with Gasteiger partial charge in [0.2, 0.25) is 5.91 Å². The summed E-state index contributed by atoms with van der Waals surface area (Å²) in [5.74, 6) is -5.62. The van der Waals surface area contributed by atoms with E-state index in [2.05, 4.69) is 15.3 Å². The molecule has 0 saturated carbocycles. The smallest absolute Gasteiger partial charge is 0.270 e. The Bertz CT molecular complexity index is 1100. The Hall–Kier alpha value is -3.14. The maximum absolute atomic E-state index is 13.3. The molecule has 4 rings (SSSR count). The summed E-state index contributed by atoms with van der Waals surface area (Å²) >= 11 is 1.47. The maximum atomic E-state index is 13.3. The number of amides is 2. The van der Waals surface area contributed by atoms with Crippen molar-refractivity contribution in [3.05, 3.63) is 58.6 Å². The quantitative estimate of drug-likeness (QED) is 0.610. The first-order valence-corrected chi connectivity index (χ1v) is 10.1. The van der Waals surface area contributed by atoms with Gasteiger partial charge in [0.15, 0.2) is 17.5 Å². The van der Waals surface area contributed by atoms with Crippen LogP contribution in [0.5, 0.6) is 0 Å². The molecule has 2 N–H and O–H groups in total. The molecule has 2 aromatic heterocycles. The molecular formula is C20H17F3N4O2S. The number of carbonyl (C=O) groups is 2. The summed E-state index contributed by atoms with van der Waals surface area (Å²) in [5.41, 5.74) is 3.63. The lowest BCUT2D eigenvalue weighted by Gasteiger charge is -2.16. The van der Waals surface area contributed by atoms with E-state index in [1.54, 1.807) is 16.5 Å². The number of carbonyl (C=O) groups excluding carboxylic acids is 2. The topological polar surface area (TPSA) is 78.1 Å². The van der Waals surface area contributed by atoms with Crippen molar-refractivity contribution in [2.45, 2.75) is 13.3 Å². The molecule has 1 atom stereocenters. The fourth-order valence-corrected chi connectivity index (χ4v) is 4.20. The van der Waals surface area contributed by atoms with Crippen LogP contribution >= 0.6 is 11.3 Å². The molecule has 1 unspecified atom stereocenters. The number of halogens is 3. The molecule has 1 aliphatic heterocycles. The van der Waals surface area contributed by atoms with Crippen molar-refractivity contribution < 1.29 is 22.8 Å². The highest BCUT2D eigenvalue weighted by atomic mass is 32.1. The van der Waals surface area contributed by atoms with Crippen molar-refractivity contribution in [3.8, 4) is 10.6 Å². The second-order valence-corrected chi connectivity index (χ2v) is 7.89.